The van der Waals surface area contributed by atoms with Crippen LogP contribution >= 0.6 is 0 Å². The Morgan fingerprint density at radius 3 is 2.85 bits per heavy atom. The summed E-state index contributed by atoms with van der Waals surface area (Å²) in [6.45, 7) is 3.62. The maximum absolute atomic E-state index is 12.6. The average Bonchev–Trinajstić information content (AvgIpc) is 3.20. The van der Waals surface area contributed by atoms with Gasteiger partial charge in [0.1, 0.15) is 0 Å². The molecule has 2 aliphatic heterocycles. The van der Waals surface area contributed by atoms with Crippen LogP contribution in [0.15, 0.2) is 48.8 Å². The second-order valence-electron chi connectivity index (χ2n) is 7.27. The van der Waals surface area contributed by atoms with Crippen LogP contribution in [0, 0.1) is 11.3 Å². The lowest BCUT2D eigenvalue weighted by atomic mass is 9.78. The van der Waals surface area contributed by atoms with Gasteiger partial charge >= 0.3 is 0 Å². The number of carbonyl (C=O) groups excluding carboxylic acids is 1. The van der Waals surface area contributed by atoms with Gasteiger partial charge in [0.2, 0.25) is 11.9 Å². The molecule has 0 aliphatic carbocycles. The molecule has 1 N–H and O–H groups in total. The van der Waals surface area contributed by atoms with Gasteiger partial charge in [-0.05, 0) is 18.1 Å². The summed E-state index contributed by atoms with van der Waals surface area (Å²) < 4.78 is 5.73. The van der Waals surface area contributed by atoms with Crippen LogP contribution < -0.4 is 10.2 Å². The van der Waals surface area contributed by atoms with Crippen molar-refractivity contribution in [2.45, 2.75) is 12.8 Å². The number of amides is 1. The molecule has 136 valence electrons. The molecule has 1 aromatic carbocycles. The molecule has 2 saturated heterocycles. The predicted molar refractivity (Wildman–Crippen MR) is 98.8 cm³/mol. The first-order valence-corrected chi connectivity index (χ1v) is 9.15. The molecule has 2 aromatic rings. The van der Waals surface area contributed by atoms with Gasteiger partial charge in [-0.3, -0.25) is 4.79 Å². The minimum atomic E-state index is -0.129. The first-order chi connectivity index (χ1) is 12.8. The second-order valence-corrected chi connectivity index (χ2v) is 7.27. The summed E-state index contributed by atoms with van der Waals surface area (Å²) in [6.07, 6.45) is 4.87. The van der Waals surface area contributed by atoms with Crippen molar-refractivity contribution < 1.29 is 9.53 Å². The highest BCUT2D eigenvalue weighted by Crippen LogP contribution is 2.44. The van der Waals surface area contributed by atoms with Crippen LogP contribution in [0.3, 0.4) is 0 Å². The molecule has 4 rings (SSSR count). The molecule has 0 bridgehead atoms. The Morgan fingerprint density at radius 2 is 2.04 bits per heavy atom. The van der Waals surface area contributed by atoms with Gasteiger partial charge in [0.05, 0.1) is 13.2 Å². The molecule has 3 heterocycles. The Labute approximate surface area is 153 Å². The Hall–Kier alpha value is -2.47. The highest BCUT2D eigenvalue weighted by atomic mass is 16.5. The molecule has 6 nitrogen and oxygen atoms in total. The average molecular weight is 352 g/mol. The molecule has 2 fully saturated rings. The Balaban J connectivity index is 1.34. The van der Waals surface area contributed by atoms with Crippen molar-refractivity contribution in [1.29, 1.82) is 0 Å². The van der Waals surface area contributed by atoms with Crippen molar-refractivity contribution in [2.24, 2.45) is 11.3 Å². The van der Waals surface area contributed by atoms with Crippen molar-refractivity contribution in [3.63, 3.8) is 0 Å². The lowest BCUT2D eigenvalue weighted by Crippen LogP contribution is -2.38. The molecule has 2 atom stereocenters. The third kappa shape index (κ3) is 3.55. The van der Waals surface area contributed by atoms with Crippen LogP contribution in [0.2, 0.25) is 0 Å². The number of nitrogens with one attached hydrogen (secondary N) is 1. The largest absolute Gasteiger partial charge is 0.380 e. The normalized spacial score (nSPS) is 24.5. The maximum Gasteiger partial charge on any atom is 0.225 e. The molecular formula is C20H24N4O2. The number of fused-ring (bicyclic) bond motifs is 1. The van der Waals surface area contributed by atoms with E-state index in [1.807, 2.05) is 24.3 Å². The summed E-state index contributed by atoms with van der Waals surface area (Å²) in [5.41, 5.74) is 1.11. The van der Waals surface area contributed by atoms with Crippen molar-refractivity contribution in [1.82, 2.24) is 15.3 Å². The number of nitrogens with zero attached hydrogens (tertiary/aromatic N) is 3. The van der Waals surface area contributed by atoms with E-state index in [4.69, 9.17) is 4.74 Å². The summed E-state index contributed by atoms with van der Waals surface area (Å²) >= 11 is 0. The van der Waals surface area contributed by atoms with Gasteiger partial charge < -0.3 is 15.0 Å². The van der Waals surface area contributed by atoms with Crippen LogP contribution in [0.5, 0.6) is 0 Å². The van der Waals surface area contributed by atoms with Crippen LogP contribution in [-0.4, -0.2) is 48.7 Å². The maximum atomic E-state index is 12.6. The minimum absolute atomic E-state index is 0.104. The zero-order valence-electron chi connectivity index (χ0n) is 14.8. The highest BCUT2D eigenvalue weighted by Gasteiger charge is 2.52. The summed E-state index contributed by atoms with van der Waals surface area (Å²) in [5, 5.41) is 3.08. The van der Waals surface area contributed by atoms with Crippen molar-refractivity contribution in [2.75, 3.05) is 37.7 Å². The number of carbonyl (C=O) groups is 1. The molecule has 0 saturated carbocycles. The molecule has 0 radical (unpaired) electrons. The highest BCUT2D eigenvalue weighted by molar-refractivity contribution is 5.77. The lowest BCUT2D eigenvalue weighted by molar-refractivity contribution is -0.123. The molecule has 1 aromatic heterocycles. The Bertz CT molecular complexity index is 740. The molecule has 0 unspecified atom stereocenters. The minimum Gasteiger partial charge on any atom is -0.380 e. The fraction of sp³-hybridized carbons (Fsp3) is 0.450. The fourth-order valence-corrected chi connectivity index (χ4v) is 4.06. The van der Waals surface area contributed by atoms with Crippen molar-refractivity contribution >= 4 is 11.9 Å². The third-order valence-electron chi connectivity index (χ3n) is 5.45. The molecule has 6 heteroatoms. The summed E-state index contributed by atoms with van der Waals surface area (Å²) in [5.74, 6) is 1.20. The fourth-order valence-electron chi connectivity index (χ4n) is 4.06. The van der Waals surface area contributed by atoms with Gasteiger partial charge in [0.25, 0.3) is 0 Å². The van der Waals surface area contributed by atoms with Gasteiger partial charge in [-0.1, -0.05) is 30.3 Å². The number of aromatic nitrogens is 2. The summed E-state index contributed by atoms with van der Waals surface area (Å²) in [4.78, 5) is 23.4. The van der Waals surface area contributed by atoms with Gasteiger partial charge in [-0.2, -0.15) is 0 Å². The van der Waals surface area contributed by atoms with E-state index in [1.165, 1.54) is 5.56 Å². The smallest absolute Gasteiger partial charge is 0.225 e. The third-order valence-corrected chi connectivity index (χ3v) is 5.45. The number of benzene rings is 1. The quantitative estimate of drug-likeness (QED) is 0.857. The summed E-state index contributed by atoms with van der Waals surface area (Å²) in [7, 11) is 0. The first kappa shape index (κ1) is 17.0. The zero-order chi connectivity index (χ0) is 17.8. The van der Waals surface area contributed by atoms with E-state index in [1.54, 1.807) is 12.4 Å². The molecule has 2 aliphatic rings. The molecule has 0 spiro atoms. The van der Waals surface area contributed by atoms with E-state index >= 15 is 0 Å². The topological polar surface area (TPSA) is 67.3 Å². The van der Waals surface area contributed by atoms with Crippen LogP contribution in [0.25, 0.3) is 0 Å². The Morgan fingerprint density at radius 1 is 1.23 bits per heavy atom. The van der Waals surface area contributed by atoms with E-state index < -0.39 is 0 Å². The van der Waals surface area contributed by atoms with E-state index in [0.717, 1.165) is 25.5 Å². The lowest BCUT2D eigenvalue weighted by Gasteiger charge is -2.26. The zero-order valence-corrected chi connectivity index (χ0v) is 14.8. The van der Waals surface area contributed by atoms with Gasteiger partial charge in [-0.15, -0.1) is 0 Å². The number of hydrogen-bond acceptors (Lipinski definition) is 5. The first-order valence-electron chi connectivity index (χ1n) is 9.15. The van der Waals surface area contributed by atoms with E-state index in [2.05, 4.69) is 32.3 Å². The van der Waals surface area contributed by atoms with E-state index in [9.17, 15) is 4.79 Å². The summed E-state index contributed by atoms with van der Waals surface area (Å²) in [6, 6.07) is 12.0. The number of hydrogen-bond donors (Lipinski definition) is 1. The van der Waals surface area contributed by atoms with E-state index in [-0.39, 0.29) is 11.3 Å². The van der Waals surface area contributed by atoms with E-state index in [0.29, 0.717) is 32.1 Å². The monoisotopic (exact) mass is 352 g/mol. The predicted octanol–water partition coefficient (Wildman–Crippen LogP) is 1.68. The van der Waals surface area contributed by atoms with Crippen LogP contribution in [0.1, 0.15) is 12.0 Å². The van der Waals surface area contributed by atoms with Crippen LogP contribution in [0.4, 0.5) is 5.95 Å². The number of anilines is 1. The SMILES string of the molecule is O=C(C[C@]12COC[C@H]1CN(c1ncccn1)C2)NCCc1ccccc1. The van der Waals surface area contributed by atoms with Gasteiger partial charge in [0.15, 0.2) is 0 Å². The second kappa shape index (κ2) is 7.41. The van der Waals surface area contributed by atoms with Crippen molar-refractivity contribution in [3.05, 3.63) is 54.4 Å². The van der Waals surface area contributed by atoms with Gasteiger partial charge in [-0.25, -0.2) is 9.97 Å². The standard InChI is InChI=1S/C20H24N4O2/c25-18(21-10-7-16-5-2-1-3-6-16)11-20-14-24(12-17(20)13-26-15-20)19-22-8-4-9-23-19/h1-6,8-9,17H,7,10-15H2,(H,21,25)/t17-,20+/m1/s1. The van der Waals surface area contributed by atoms with Gasteiger partial charge in [0, 0.05) is 49.8 Å². The number of ether oxygens (including phenoxy) is 1. The van der Waals surface area contributed by atoms with Crippen LogP contribution in [-0.2, 0) is 16.0 Å². The molecule has 1 amide bonds. The van der Waals surface area contributed by atoms with Crippen molar-refractivity contribution in [3.8, 4) is 0 Å². The molecular weight excluding hydrogens is 328 g/mol. The number of rotatable bonds is 6. The Kier molecular flexibility index (Phi) is 4.84. The molecule has 26 heavy (non-hydrogen) atoms.